The minimum absolute atomic E-state index is 0.137. The van der Waals surface area contributed by atoms with Crippen molar-refractivity contribution in [2.75, 3.05) is 13.2 Å². The fourth-order valence-corrected chi connectivity index (χ4v) is 2.38. The summed E-state index contributed by atoms with van der Waals surface area (Å²) in [6.07, 6.45) is 0. The van der Waals surface area contributed by atoms with Crippen LogP contribution in [-0.4, -0.2) is 18.3 Å². The fourth-order valence-electron chi connectivity index (χ4n) is 2.38. The number of para-hydroxylation sites is 1. The van der Waals surface area contributed by atoms with E-state index in [1.807, 2.05) is 48.5 Å². The lowest BCUT2D eigenvalue weighted by molar-refractivity contribution is 0.00106. The average Bonchev–Trinajstić information content (AvgIpc) is 2.57. The molecule has 0 fully saturated rings. The van der Waals surface area contributed by atoms with Gasteiger partial charge in [0.15, 0.2) is 0 Å². The summed E-state index contributed by atoms with van der Waals surface area (Å²) in [5.74, 6) is 0.786. The summed E-state index contributed by atoms with van der Waals surface area (Å²) < 4.78 is 5.71. The van der Waals surface area contributed by atoms with Gasteiger partial charge in [-0.25, -0.2) is 0 Å². The number of rotatable bonds is 1. The van der Waals surface area contributed by atoms with Gasteiger partial charge in [0, 0.05) is 12.1 Å². The maximum atomic E-state index is 10.6. The van der Waals surface area contributed by atoms with Crippen LogP contribution in [-0.2, 0) is 5.60 Å². The lowest BCUT2D eigenvalue weighted by Gasteiger charge is -2.26. The van der Waals surface area contributed by atoms with Gasteiger partial charge in [-0.2, -0.15) is 0 Å². The number of benzene rings is 2. The highest BCUT2D eigenvalue weighted by Crippen LogP contribution is 2.40. The molecule has 0 aromatic heterocycles. The normalized spacial score (nSPS) is 21.4. The van der Waals surface area contributed by atoms with Crippen LogP contribution >= 0.6 is 0 Å². The standard InChI is InChI=1S/C15H15NO2/c16-9-15(17)10-18-14-8-4-2-6-12(14)11-5-1-3-7-13(11)15/h1-8,17H,9-10,16H2. The molecule has 0 radical (unpaired) electrons. The number of fused-ring (bicyclic) bond motifs is 3. The van der Waals surface area contributed by atoms with Crippen LogP contribution in [0.4, 0.5) is 0 Å². The van der Waals surface area contributed by atoms with Crippen LogP contribution in [0.1, 0.15) is 5.56 Å². The van der Waals surface area contributed by atoms with Gasteiger partial charge in [-0.15, -0.1) is 0 Å². The highest BCUT2D eigenvalue weighted by atomic mass is 16.5. The molecule has 2 aromatic rings. The summed E-state index contributed by atoms with van der Waals surface area (Å²) in [4.78, 5) is 0. The first-order chi connectivity index (χ1) is 8.74. The number of aliphatic hydroxyl groups is 1. The SMILES string of the molecule is NCC1(O)COc2ccccc2-c2ccccc21. The van der Waals surface area contributed by atoms with Gasteiger partial charge in [-0.1, -0.05) is 42.5 Å². The molecule has 3 rings (SSSR count). The van der Waals surface area contributed by atoms with Gasteiger partial charge in [0.25, 0.3) is 0 Å². The van der Waals surface area contributed by atoms with Crippen LogP contribution < -0.4 is 10.5 Å². The lowest BCUT2D eigenvalue weighted by atomic mass is 9.88. The third kappa shape index (κ3) is 1.60. The van der Waals surface area contributed by atoms with Crippen molar-refractivity contribution in [2.24, 2.45) is 5.73 Å². The van der Waals surface area contributed by atoms with Gasteiger partial charge in [-0.3, -0.25) is 0 Å². The molecule has 1 heterocycles. The van der Waals surface area contributed by atoms with Crippen molar-refractivity contribution in [3.8, 4) is 16.9 Å². The van der Waals surface area contributed by atoms with Gasteiger partial charge in [-0.05, 0) is 17.2 Å². The highest BCUT2D eigenvalue weighted by molar-refractivity contribution is 5.75. The Morgan fingerprint density at radius 3 is 2.50 bits per heavy atom. The molecule has 3 nitrogen and oxygen atoms in total. The Morgan fingerprint density at radius 2 is 1.72 bits per heavy atom. The molecular formula is C15H15NO2. The first-order valence-electron chi connectivity index (χ1n) is 5.99. The van der Waals surface area contributed by atoms with Crippen LogP contribution in [0, 0.1) is 0 Å². The Hall–Kier alpha value is -1.84. The number of ether oxygens (including phenoxy) is 1. The predicted octanol–water partition coefficient (Wildman–Crippen LogP) is 1.89. The van der Waals surface area contributed by atoms with Crippen molar-refractivity contribution < 1.29 is 9.84 Å². The molecule has 92 valence electrons. The number of hydrogen-bond acceptors (Lipinski definition) is 3. The zero-order valence-electron chi connectivity index (χ0n) is 9.97. The molecule has 1 aliphatic rings. The van der Waals surface area contributed by atoms with Crippen molar-refractivity contribution in [2.45, 2.75) is 5.60 Å². The Bertz CT molecular complexity index is 582. The summed E-state index contributed by atoms with van der Waals surface area (Å²) in [6, 6.07) is 15.6. The monoisotopic (exact) mass is 241 g/mol. The smallest absolute Gasteiger partial charge is 0.136 e. The average molecular weight is 241 g/mol. The van der Waals surface area contributed by atoms with Crippen LogP contribution in [0.15, 0.2) is 48.5 Å². The van der Waals surface area contributed by atoms with Gasteiger partial charge < -0.3 is 15.6 Å². The van der Waals surface area contributed by atoms with E-state index in [0.29, 0.717) is 0 Å². The molecule has 1 unspecified atom stereocenters. The van der Waals surface area contributed by atoms with E-state index in [1.54, 1.807) is 0 Å². The predicted molar refractivity (Wildman–Crippen MR) is 70.3 cm³/mol. The zero-order chi connectivity index (χ0) is 12.6. The molecule has 1 atom stereocenters. The Labute approximate surface area is 106 Å². The molecule has 0 saturated heterocycles. The van der Waals surface area contributed by atoms with Crippen LogP contribution in [0.5, 0.6) is 5.75 Å². The molecule has 0 aliphatic carbocycles. The maximum absolute atomic E-state index is 10.6. The molecular weight excluding hydrogens is 226 g/mol. The van der Waals surface area contributed by atoms with E-state index in [1.165, 1.54) is 0 Å². The molecule has 0 bridgehead atoms. The van der Waals surface area contributed by atoms with Crippen LogP contribution in [0.3, 0.4) is 0 Å². The zero-order valence-corrected chi connectivity index (χ0v) is 9.97. The van der Waals surface area contributed by atoms with E-state index in [-0.39, 0.29) is 13.2 Å². The minimum atomic E-state index is -1.13. The molecule has 1 aliphatic heterocycles. The highest BCUT2D eigenvalue weighted by Gasteiger charge is 2.34. The van der Waals surface area contributed by atoms with E-state index in [2.05, 4.69) is 0 Å². The molecule has 3 heteroatoms. The summed E-state index contributed by atoms with van der Waals surface area (Å²) in [5, 5.41) is 10.6. The van der Waals surface area contributed by atoms with Gasteiger partial charge in [0.2, 0.25) is 0 Å². The first-order valence-corrected chi connectivity index (χ1v) is 5.99. The second kappa shape index (κ2) is 4.12. The van der Waals surface area contributed by atoms with Gasteiger partial charge in [0.1, 0.15) is 18.0 Å². The van der Waals surface area contributed by atoms with Crippen LogP contribution in [0.25, 0.3) is 11.1 Å². The Balaban J connectivity index is 2.28. The molecule has 2 aromatic carbocycles. The Kier molecular flexibility index (Phi) is 2.58. The van der Waals surface area contributed by atoms with E-state index >= 15 is 0 Å². The van der Waals surface area contributed by atoms with Gasteiger partial charge in [0.05, 0.1) is 0 Å². The van der Waals surface area contributed by atoms with E-state index in [0.717, 1.165) is 22.4 Å². The summed E-state index contributed by atoms with van der Waals surface area (Å²) in [7, 11) is 0. The summed E-state index contributed by atoms with van der Waals surface area (Å²) in [6.45, 7) is 0.315. The third-order valence-corrected chi connectivity index (χ3v) is 3.41. The number of nitrogens with two attached hydrogens (primary N) is 1. The van der Waals surface area contributed by atoms with E-state index < -0.39 is 5.60 Å². The van der Waals surface area contributed by atoms with Crippen molar-refractivity contribution in [3.05, 3.63) is 54.1 Å². The van der Waals surface area contributed by atoms with Crippen LogP contribution in [0.2, 0.25) is 0 Å². The Morgan fingerprint density at radius 1 is 1.06 bits per heavy atom. The first kappa shape index (κ1) is 11.3. The maximum Gasteiger partial charge on any atom is 0.136 e. The largest absolute Gasteiger partial charge is 0.490 e. The minimum Gasteiger partial charge on any atom is -0.490 e. The summed E-state index contributed by atoms with van der Waals surface area (Å²) in [5.41, 5.74) is 7.41. The second-order valence-corrected chi connectivity index (χ2v) is 4.57. The quantitative estimate of drug-likeness (QED) is 0.801. The van der Waals surface area contributed by atoms with Crippen molar-refractivity contribution in [1.82, 2.24) is 0 Å². The van der Waals surface area contributed by atoms with E-state index in [9.17, 15) is 5.11 Å². The topological polar surface area (TPSA) is 55.5 Å². The number of hydrogen-bond donors (Lipinski definition) is 2. The fraction of sp³-hybridized carbons (Fsp3) is 0.200. The van der Waals surface area contributed by atoms with E-state index in [4.69, 9.17) is 10.5 Å². The third-order valence-electron chi connectivity index (χ3n) is 3.41. The molecule has 0 spiro atoms. The van der Waals surface area contributed by atoms with Crippen molar-refractivity contribution in [3.63, 3.8) is 0 Å². The second-order valence-electron chi connectivity index (χ2n) is 4.57. The molecule has 0 saturated carbocycles. The lowest BCUT2D eigenvalue weighted by Crippen LogP contribution is -2.40. The molecule has 0 amide bonds. The molecule has 18 heavy (non-hydrogen) atoms. The van der Waals surface area contributed by atoms with Gasteiger partial charge >= 0.3 is 0 Å². The van der Waals surface area contributed by atoms with Crippen molar-refractivity contribution in [1.29, 1.82) is 0 Å². The molecule has 3 N–H and O–H groups in total. The summed E-state index contributed by atoms with van der Waals surface area (Å²) >= 11 is 0. The van der Waals surface area contributed by atoms with Crippen molar-refractivity contribution >= 4 is 0 Å².